The highest BCUT2D eigenvalue weighted by molar-refractivity contribution is 7.89. The lowest BCUT2D eigenvalue weighted by molar-refractivity contribution is -0.147. The number of sulfonamides is 1. The highest BCUT2D eigenvalue weighted by Crippen LogP contribution is 2.31. The molecule has 142 valence electrons. The minimum Gasteiger partial charge on any atom is -0.481 e. The topological polar surface area (TPSA) is 104 Å². The molecule has 0 aromatic heterocycles. The van der Waals surface area contributed by atoms with Crippen molar-refractivity contribution in [2.75, 3.05) is 18.4 Å². The van der Waals surface area contributed by atoms with Gasteiger partial charge in [0.1, 0.15) is 0 Å². The second-order valence-electron chi connectivity index (χ2n) is 6.96. The monoisotopic (exact) mass is 380 g/mol. The number of amides is 1. The van der Waals surface area contributed by atoms with Crippen molar-refractivity contribution in [2.45, 2.75) is 43.4 Å². The minimum absolute atomic E-state index is 0.207. The van der Waals surface area contributed by atoms with E-state index in [2.05, 4.69) is 5.32 Å². The van der Waals surface area contributed by atoms with Gasteiger partial charge in [0.2, 0.25) is 15.9 Å². The lowest BCUT2D eigenvalue weighted by Crippen LogP contribution is -2.36. The van der Waals surface area contributed by atoms with Crippen molar-refractivity contribution in [2.24, 2.45) is 11.8 Å². The highest BCUT2D eigenvalue weighted by atomic mass is 32.2. The fourth-order valence-corrected chi connectivity index (χ4v) is 5.28. The molecular weight excluding hydrogens is 356 g/mol. The van der Waals surface area contributed by atoms with E-state index in [0.717, 1.165) is 25.7 Å². The molecule has 0 bridgehead atoms. The van der Waals surface area contributed by atoms with Gasteiger partial charge in [-0.25, -0.2) is 8.42 Å². The number of benzene rings is 1. The summed E-state index contributed by atoms with van der Waals surface area (Å²) in [7, 11) is -3.48. The van der Waals surface area contributed by atoms with E-state index in [1.807, 2.05) is 0 Å². The molecule has 2 fully saturated rings. The van der Waals surface area contributed by atoms with Crippen LogP contribution in [0, 0.1) is 11.8 Å². The van der Waals surface area contributed by atoms with Crippen LogP contribution in [-0.4, -0.2) is 42.8 Å². The third-order valence-corrected chi connectivity index (χ3v) is 7.16. The van der Waals surface area contributed by atoms with Crippen LogP contribution in [0.15, 0.2) is 29.2 Å². The van der Waals surface area contributed by atoms with E-state index in [9.17, 15) is 23.1 Å². The molecule has 7 nitrogen and oxygen atoms in total. The second kappa shape index (κ2) is 7.75. The molecule has 0 radical (unpaired) electrons. The van der Waals surface area contributed by atoms with Crippen LogP contribution in [0.25, 0.3) is 0 Å². The van der Waals surface area contributed by atoms with Crippen molar-refractivity contribution in [1.82, 2.24) is 4.31 Å². The first-order valence-electron chi connectivity index (χ1n) is 9.03. The molecule has 1 amide bonds. The van der Waals surface area contributed by atoms with E-state index in [1.165, 1.54) is 16.4 Å². The van der Waals surface area contributed by atoms with Crippen LogP contribution in [0.5, 0.6) is 0 Å². The zero-order valence-corrected chi connectivity index (χ0v) is 15.4. The molecule has 3 rings (SSSR count). The summed E-state index contributed by atoms with van der Waals surface area (Å²) < 4.78 is 26.5. The predicted molar refractivity (Wildman–Crippen MR) is 96.1 cm³/mol. The maximum Gasteiger partial charge on any atom is 0.307 e. The van der Waals surface area contributed by atoms with Gasteiger partial charge < -0.3 is 10.4 Å². The van der Waals surface area contributed by atoms with E-state index in [-0.39, 0.29) is 10.8 Å². The summed E-state index contributed by atoms with van der Waals surface area (Å²) in [5, 5.41) is 12.0. The third kappa shape index (κ3) is 3.91. The van der Waals surface area contributed by atoms with Crippen LogP contribution < -0.4 is 5.32 Å². The summed E-state index contributed by atoms with van der Waals surface area (Å²) in [6, 6.07) is 6.08. The van der Waals surface area contributed by atoms with Gasteiger partial charge in [0.25, 0.3) is 0 Å². The molecule has 1 aromatic rings. The SMILES string of the molecule is O=C(O)[C@H]1CCCC[C@H]1C(=O)Nc1ccc(S(=O)(=O)N2CCCC2)cc1. The Balaban J connectivity index is 1.69. The summed E-state index contributed by atoms with van der Waals surface area (Å²) in [4.78, 5) is 24.0. The van der Waals surface area contributed by atoms with E-state index >= 15 is 0 Å². The standard InChI is InChI=1S/C18H24N2O5S/c21-17(15-5-1-2-6-16(15)18(22)23)19-13-7-9-14(10-8-13)26(24,25)20-11-3-4-12-20/h7-10,15-16H,1-6,11-12H2,(H,19,21)(H,22,23)/t15-,16+/m1/s1. The molecule has 0 unspecified atom stereocenters. The van der Waals surface area contributed by atoms with Crippen molar-refractivity contribution in [3.63, 3.8) is 0 Å². The molecule has 2 atom stereocenters. The van der Waals surface area contributed by atoms with Crippen molar-refractivity contribution in [1.29, 1.82) is 0 Å². The number of rotatable bonds is 5. The van der Waals surface area contributed by atoms with E-state index < -0.39 is 27.8 Å². The quantitative estimate of drug-likeness (QED) is 0.816. The number of anilines is 1. The second-order valence-corrected chi connectivity index (χ2v) is 8.90. The van der Waals surface area contributed by atoms with Gasteiger partial charge in [-0.1, -0.05) is 12.8 Å². The molecule has 2 aliphatic rings. The van der Waals surface area contributed by atoms with Crippen molar-refractivity contribution >= 4 is 27.6 Å². The number of carboxylic acids is 1. The Morgan fingerprint density at radius 2 is 1.54 bits per heavy atom. The van der Waals surface area contributed by atoms with Gasteiger partial charge in [0.15, 0.2) is 0 Å². The Morgan fingerprint density at radius 3 is 2.12 bits per heavy atom. The average molecular weight is 380 g/mol. The van der Waals surface area contributed by atoms with E-state index in [0.29, 0.717) is 31.6 Å². The summed E-state index contributed by atoms with van der Waals surface area (Å²) in [5.74, 6) is -2.45. The molecule has 2 N–H and O–H groups in total. The summed E-state index contributed by atoms with van der Waals surface area (Å²) in [6.45, 7) is 1.08. The normalized spacial score (nSPS) is 24.3. The summed E-state index contributed by atoms with van der Waals surface area (Å²) in [6.07, 6.45) is 4.49. The molecular formula is C18H24N2O5S. The molecule has 0 spiro atoms. The predicted octanol–water partition coefficient (Wildman–Crippen LogP) is 2.30. The Hall–Kier alpha value is -1.93. The lowest BCUT2D eigenvalue weighted by Gasteiger charge is -2.27. The van der Waals surface area contributed by atoms with Crippen LogP contribution in [0.2, 0.25) is 0 Å². The Labute approximate surface area is 153 Å². The molecule has 1 heterocycles. The van der Waals surface area contributed by atoms with Crippen molar-refractivity contribution in [3.05, 3.63) is 24.3 Å². The fraction of sp³-hybridized carbons (Fsp3) is 0.556. The molecule has 1 aliphatic carbocycles. The molecule has 8 heteroatoms. The zero-order chi connectivity index (χ0) is 18.7. The van der Waals surface area contributed by atoms with Gasteiger partial charge in [-0.05, 0) is 49.9 Å². The summed E-state index contributed by atoms with van der Waals surface area (Å²) >= 11 is 0. The van der Waals surface area contributed by atoms with Gasteiger partial charge >= 0.3 is 5.97 Å². The number of carbonyl (C=O) groups excluding carboxylic acids is 1. The van der Waals surface area contributed by atoms with E-state index in [1.54, 1.807) is 12.1 Å². The Kier molecular flexibility index (Phi) is 5.62. The number of carboxylic acid groups (broad SMARTS) is 1. The molecule has 1 aromatic carbocycles. The minimum atomic E-state index is -3.48. The first-order chi connectivity index (χ1) is 12.4. The number of hydrogen-bond acceptors (Lipinski definition) is 4. The van der Waals surface area contributed by atoms with Crippen LogP contribution >= 0.6 is 0 Å². The number of hydrogen-bond donors (Lipinski definition) is 2. The van der Waals surface area contributed by atoms with E-state index in [4.69, 9.17) is 0 Å². The first-order valence-corrected chi connectivity index (χ1v) is 10.5. The maximum absolute atomic E-state index is 12.5. The van der Waals surface area contributed by atoms with Crippen LogP contribution in [0.1, 0.15) is 38.5 Å². The zero-order valence-electron chi connectivity index (χ0n) is 14.6. The van der Waals surface area contributed by atoms with Crippen molar-refractivity contribution in [3.8, 4) is 0 Å². The van der Waals surface area contributed by atoms with Gasteiger partial charge in [0.05, 0.1) is 16.7 Å². The van der Waals surface area contributed by atoms with Gasteiger partial charge in [-0.2, -0.15) is 4.31 Å². The smallest absolute Gasteiger partial charge is 0.307 e. The number of aliphatic carboxylic acids is 1. The van der Waals surface area contributed by atoms with Crippen LogP contribution in [0.4, 0.5) is 5.69 Å². The lowest BCUT2D eigenvalue weighted by atomic mass is 9.78. The first kappa shape index (κ1) is 18.8. The highest BCUT2D eigenvalue weighted by Gasteiger charge is 2.35. The number of nitrogens with one attached hydrogen (secondary N) is 1. The van der Waals surface area contributed by atoms with Crippen molar-refractivity contribution < 1.29 is 23.1 Å². The van der Waals surface area contributed by atoms with Crippen LogP contribution in [0.3, 0.4) is 0 Å². The van der Waals surface area contributed by atoms with Gasteiger partial charge in [0, 0.05) is 18.8 Å². The molecule has 1 saturated heterocycles. The molecule has 1 saturated carbocycles. The number of carbonyl (C=O) groups is 2. The maximum atomic E-state index is 12.5. The largest absolute Gasteiger partial charge is 0.481 e. The average Bonchev–Trinajstić information content (AvgIpc) is 3.17. The van der Waals surface area contributed by atoms with Gasteiger partial charge in [-0.3, -0.25) is 9.59 Å². The Bertz CT molecular complexity index is 769. The number of nitrogens with zero attached hydrogens (tertiary/aromatic N) is 1. The van der Waals surface area contributed by atoms with Crippen LogP contribution in [-0.2, 0) is 19.6 Å². The van der Waals surface area contributed by atoms with Gasteiger partial charge in [-0.15, -0.1) is 0 Å². The third-order valence-electron chi connectivity index (χ3n) is 5.24. The fourth-order valence-electron chi connectivity index (χ4n) is 3.76. The molecule has 26 heavy (non-hydrogen) atoms. The Morgan fingerprint density at radius 1 is 0.962 bits per heavy atom. The molecule has 1 aliphatic heterocycles. The summed E-state index contributed by atoms with van der Waals surface area (Å²) in [5.41, 5.74) is 0.477.